The largest absolute Gasteiger partial charge is 0.481 e. The molecule has 1 saturated carbocycles. The molecule has 0 spiro atoms. The van der Waals surface area contributed by atoms with Crippen LogP contribution in [0, 0.1) is 17.3 Å². The second-order valence-corrected chi connectivity index (χ2v) is 5.89. The van der Waals surface area contributed by atoms with Crippen molar-refractivity contribution in [3.63, 3.8) is 0 Å². The number of carbonyl (C=O) groups is 3. The molecule has 0 aromatic rings. The smallest absolute Gasteiger partial charge is 0.323 e. The van der Waals surface area contributed by atoms with Crippen LogP contribution in [0.3, 0.4) is 0 Å². The molecule has 6 heteroatoms. The highest BCUT2D eigenvalue weighted by Gasteiger charge is 2.55. The molecule has 0 amide bonds. The first-order valence-electron chi connectivity index (χ1n) is 7.12. The minimum absolute atomic E-state index is 0.137. The van der Waals surface area contributed by atoms with E-state index in [4.69, 9.17) is 9.47 Å². The van der Waals surface area contributed by atoms with Gasteiger partial charge in [-0.05, 0) is 32.1 Å². The van der Waals surface area contributed by atoms with Crippen LogP contribution in [-0.4, -0.2) is 37.2 Å². The number of carboxylic acids is 1. The van der Waals surface area contributed by atoms with E-state index in [9.17, 15) is 19.5 Å². The molecule has 22 heavy (non-hydrogen) atoms. The Bertz CT molecular complexity index is 555. The van der Waals surface area contributed by atoms with E-state index in [2.05, 4.69) is 0 Å². The van der Waals surface area contributed by atoms with E-state index in [0.717, 1.165) is 11.1 Å². The summed E-state index contributed by atoms with van der Waals surface area (Å²) in [6.07, 6.45) is 4.30. The summed E-state index contributed by atoms with van der Waals surface area (Å²) in [5.41, 5.74) is 0.526. The number of esters is 2. The predicted octanol–water partition coefficient (Wildman–Crippen LogP) is 1.71. The van der Waals surface area contributed by atoms with E-state index in [-0.39, 0.29) is 18.8 Å². The van der Waals surface area contributed by atoms with Crippen LogP contribution in [-0.2, 0) is 23.9 Å². The van der Waals surface area contributed by atoms with Crippen molar-refractivity contribution in [1.82, 2.24) is 0 Å². The highest BCUT2D eigenvalue weighted by molar-refractivity contribution is 6.01. The van der Waals surface area contributed by atoms with Crippen LogP contribution in [0.15, 0.2) is 23.3 Å². The zero-order valence-electron chi connectivity index (χ0n) is 12.9. The van der Waals surface area contributed by atoms with Crippen LogP contribution >= 0.6 is 0 Å². The molecule has 120 valence electrons. The number of carbonyl (C=O) groups excluding carboxylic acids is 2. The summed E-state index contributed by atoms with van der Waals surface area (Å²) in [6, 6.07) is 0. The zero-order valence-corrected chi connectivity index (χ0v) is 12.9. The van der Waals surface area contributed by atoms with Gasteiger partial charge in [0.1, 0.15) is 0 Å². The van der Waals surface area contributed by atoms with Crippen LogP contribution < -0.4 is 0 Å². The summed E-state index contributed by atoms with van der Waals surface area (Å²) in [5, 5.41) is 9.18. The van der Waals surface area contributed by atoms with Gasteiger partial charge in [0.05, 0.1) is 20.1 Å². The monoisotopic (exact) mass is 308 g/mol. The Morgan fingerprint density at radius 2 is 1.77 bits per heavy atom. The molecule has 0 aliphatic heterocycles. The van der Waals surface area contributed by atoms with Crippen LogP contribution in [0.4, 0.5) is 0 Å². The van der Waals surface area contributed by atoms with E-state index in [1.165, 1.54) is 14.2 Å². The third-order valence-electron chi connectivity index (χ3n) is 4.63. The lowest BCUT2D eigenvalue weighted by Crippen LogP contribution is -2.39. The van der Waals surface area contributed by atoms with Crippen molar-refractivity contribution in [2.24, 2.45) is 17.3 Å². The lowest BCUT2D eigenvalue weighted by atomic mass is 9.84. The summed E-state index contributed by atoms with van der Waals surface area (Å²) in [5.74, 6) is -2.78. The van der Waals surface area contributed by atoms with Crippen molar-refractivity contribution in [3.05, 3.63) is 23.3 Å². The normalized spacial score (nSPS) is 26.1. The standard InChI is InChI=1S/C16H20O6/c1-9-6-10(13(17)18)4-5-11-7-16(8-12(9)11,14(19)21-2)15(20)22-3/h4-5,10-11H,6-8H2,1-3H3,(H,17,18)/t10-,11-/m1/s1. The van der Waals surface area contributed by atoms with Gasteiger partial charge in [0.25, 0.3) is 0 Å². The van der Waals surface area contributed by atoms with Crippen LogP contribution in [0.5, 0.6) is 0 Å². The first kappa shape index (κ1) is 16.3. The maximum absolute atomic E-state index is 12.2. The van der Waals surface area contributed by atoms with Crippen LogP contribution in [0.1, 0.15) is 26.2 Å². The summed E-state index contributed by atoms with van der Waals surface area (Å²) >= 11 is 0. The van der Waals surface area contributed by atoms with Crippen molar-refractivity contribution in [3.8, 4) is 0 Å². The molecular weight excluding hydrogens is 288 g/mol. The lowest BCUT2D eigenvalue weighted by Gasteiger charge is -2.22. The molecule has 0 heterocycles. The van der Waals surface area contributed by atoms with E-state index in [0.29, 0.717) is 6.42 Å². The highest BCUT2D eigenvalue weighted by atomic mass is 16.5. The van der Waals surface area contributed by atoms with Crippen LogP contribution in [0.2, 0.25) is 0 Å². The van der Waals surface area contributed by atoms with Gasteiger partial charge in [0, 0.05) is 0 Å². The Hall–Kier alpha value is -2.11. The Labute approximate surface area is 128 Å². The van der Waals surface area contributed by atoms with Gasteiger partial charge in [-0.15, -0.1) is 0 Å². The molecule has 0 saturated heterocycles. The highest BCUT2D eigenvalue weighted by Crippen LogP contribution is 2.50. The molecule has 0 radical (unpaired) electrons. The van der Waals surface area contributed by atoms with Crippen molar-refractivity contribution < 1.29 is 29.0 Å². The molecule has 0 aromatic carbocycles. The summed E-state index contributed by atoms with van der Waals surface area (Å²) in [7, 11) is 2.50. The Morgan fingerprint density at radius 1 is 1.18 bits per heavy atom. The van der Waals surface area contributed by atoms with Gasteiger partial charge < -0.3 is 14.6 Å². The summed E-state index contributed by atoms with van der Waals surface area (Å²) < 4.78 is 9.62. The number of carboxylic acid groups (broad SMARTS) is 1. The molecule has 2 rings (SSSR count). The number of rotatable bonds is 3. The zero-order chi connectivity index (χ0) is 16.5. The topological polar surface area (TPSA) is 89.9 Å². The average Bonchev–Trinajstić information content (AvgIpc) is 2.83. The maximum Gasteiger partial charge on any atom is 0.323 e. The summed E-state index contributed by atoms with van der Waals surface area (Å²) in [6.45, 7) is 1.86. The molecule has 0 bridgehead atoms. The predicted molar refractivity (Wildman–Crippen MR) is 76.8 cm³/mol. The quantitative estimate of drug-likeness (QED) is 0.485. The molecule has 0 aromatic heterocycles. The van der Waals surface area contributed by atoms with E-state index in [1.54, 1.807) is 12.2 Å². The number of hydrogen-bond acceptors (Lipinski definition) is 5. The third-order valence-corrected chi connectivity index (χ3v) is 4.63. The molecule has 6 nitrogen and oxygen atoms in total. The van der Waals surface area contributed by atoms with Gasteiger partial charge in [0.2, 0.25) is 0 Å². The van der Waals surface area contributed by atoms with Crippen molar-refractivity contribution >= 4 is 17.9 Å². The van der Waals surface area contributed by atoms with E-state index < -0.39 is 29.2 Å². The molecule has 1 N–H and O–H groups in total. The van der Waals surface area contributed by atoms with Crippen molar-refractivity contribution in [1.29, 1.82) is 0 Å². The minimum atomic E-state index is -1.33. The van der Waals surface area contributed by atoms with Gasteiger partial charge >= 0.3 is 17.9 Å². The van der Waals surface area contributed by atoms with Gasteiger partial charge in [-0.1, -0.05) is 23.3 Å². The Balaban J connectivity index is 2.40. The second-order valence-electron chi connectivity index (χ2n) is 5.89. The van der Waals surface area contributed by atoms with Gasteiger partial charge in [0.15, 0.2) is 5.41 Å². The molecular formula is C16H20O6. The van der Waals surface area contributed by atoms with Gasteiger partial charge in [-0.3, -0.25) is 14.4 Å². The first-order chi connectivity index (χ1) is 10.4. The number of fused-ring (bicyclic) bond motifs is 1. The fourth-order valence-electron chi connectivity index (χ4n) is 3.43. The maximum atomic E-state index is 12.2. The van der Waals surface area contributed by atoms with E-state index in [1.807, 2.05) is 6.92 Å². The SMILES string of the molecule is COC(=O)C1(C(=O)OC)CC2=C(C)C[C@H](C(=O)O)C=C[C@@H]2C1. The molecule has 2 aliphatic rings. The van der Waals surface area contributed by atoms with Crippen LogP contribution in [0.25, 0.3) is 0 Å². The number of allylic oxidation sites excluding steroid dienone is 3. The van der Waals surface area contributed by atoms with Gasteiger partial charge in [-0.2, -0.15) is 0 Å². The minimum Gasteiger partial charge on any atom is -0.481 e. The van der Waals surface area contributed by atoms with Gasteiger partial charge in [-0.25, -0.2) is 0 Å². The number of aliphatic carboxylic acids is 1. The van der Waals surface area contributed by atoms with E-state index >= 15 is 0 Å². The molecule has 1 fully saturated rings. The average molecular weight is 308 g/mol. The first-order valence-corrected chi connectivity index (χ1v) is 7.12. The second kappa shape index (κ2) is 5.94. The fraction of sp³-hybridized carbons (Fsp3) is 0.562. The number of methoxy groups -OCH3 is 2. The third kappa shape index (κ3) is 2.53. The van der Waals surface area contributed by atoms with Crippen molar-refractivity contribution in [2.75, 3.05) is 14.2 Å². The van der Waals surface area contributed by atoms with Crippen molar-refractivity contribution in [2.45, 2.75) is 26.2 Å². The Kier molecular flexibility index (Phi) is 4.39. The molecule has 0 unspecified atom stereocenters. The fourth-order valence-corrected chi connectivity index (χ4v) is 3.43. The molecule has 2 aliphatic carbocycles. The Morgan fingerprint density at radius 3 is 2.27 bits per heavy atom. The number of hydrogen-bond donors (Lipinski definition) is 1. The lowest BCUT2D eigenvalue weighted by molar-refractivity contribution is -0.168. The summed E-state index contributed by atoms with van der Waals surface area (Å²) in [4.78, 5) is 35.5. The number of ether oxygens (including phenoxy) is 2. The molecule has 2 atom stereocenters.